The van der Waals surface area contributed by atoms with Crippen molar-refractivity contribution in [2.45, 2.75) is 6.54 Å². The summed E-state index contributed by atoms with van der Waals surface area (Å²) < 4.78 is 3.28. The van der Waals surface area contributed by atoms with E-state index in [0.29, 0.717) is 26.6 Å². The summed E-state index contributed by atoms with van der Waals surface area (Å²) in [6.07, 6.45) is 3.23. The summed E-state index contributed by atoms with van der Waals surface area (Å²) in [5.74, 6) is -0.423. The lowest BCUT2D eigenvalue weighted by Gasteiger charge is -2.02. The van der Waals surface area contributed by atoms with Gasteiger partial charge in [0, 0.05) is 10.7 Å². The Labute approximate surface area is 182 Å². The van der Waals surface area contributed by atoms with Crippen LogP contribution in [0.3, 0.4) is 0 Å². The Balaban J connectivity index is 1.66. The highest BCUT2D eigenvalue weighted by Crippen LogP contribution is 2.22. The molecule has 0 aliphatic rings. The van der Waals surface area contributed by atoms with Gasteiger partial charge in [0.1, 0.15) is 0 Å². The van der Waals surface area contributed by atoms with Gasteiger partial charge in [0.05, 0.1) is 27.3 Å². The highest BCUT2D eigenvalue weighted by Gasteiger charge is 2.15. The van der Waals surface area contributed by atoms with Gasteiger partial charge in [-0.1, -0.05) is 57.3 Å². The molecule has 2 aromatic carbocycles. The van der Waals surface area contributed by atoms with Gasteiger partial charge in [0.25, 0.3) is 5.91 Å². The molecule has 9 heteroatoms. The monoisotopic (exact) mass is 528 g/mol. The lowest BCUT2D eigenvalue weighted by Crippen LogP contribution is -2.19. The Hall–Kier alpha value is -1.67. The molecule has 5 nitrogen and oxygen atoms in total. The van der Waals surface area contributed by atoms with Crippen LogP contribution in [0.2, 0.25) is 10.0 Å². The summed E-state index contributed by atoms with van der Waals surface area (Å²) >= 11 is 18.6. The Bertz CT molecular complexity index is 1000. The van der Waals surface area contributed by atoms with Gasteiger partial charge in [0.2, 0.25) is 0 Å². The number of hydrogen-bond acceptors (Lipinski definition) is 3. The van der Waals surface area contributed by atoms with Gasteiger partial charge in [0.15, 0.2) is 5.69 Å². The molecular weight excluding hydrogens is 519 g/mol. The number of halogens is 4. The molecule has 1 aromatic heterocycles. The van der Waals surface area contributed by atoms with Crippen molar-refractivity contribution in [2.24, 2.45) is 5.10 Å². The minimum Gasteiger partial charge on any atom is -0.266 e. The second-order valence-electron chi connectivity index (χ2n) is 5.52. The number of hydrogen-bond donors (Lipinski definition) is 1. The molecule has 0 fully saturated rings. The van der Waals surface area contributed by atoms with Crippen LogP contribution in [0.1, 0.15) is 21.6 Å². The van der Waals surface area contributed by atoms with E-state index in [0.717, 1.165) is 10.0 Å². The van der Waals surface area contributed by atoms with Crippen molar-refractivity contribution in [2.75, 3.05) is 0 Å². The summed E-state index contributed by atoms with van der Waals surface area (Å²) in [4.78, 5) is 12.3. The molecule has 1 heterocycles. The molecule has 0 unspecified atom stereocenters. The highest BCUT2D eigenvalue weighted by atomic mass is 79.9. The van der Waals surface area contributed by atoms with E-state index in [9.17, 15) is 4.79 Å². The van der Waals surface area contributed by atoms with Crippen molar-refractivity contribution >= 4 is 67.2 Å². The maximum Gasteiger partial charge on any atom is 0.293 e. The molecule has 1 amide bonds. The molecule has 0 aliphatic heterocycles. The molecule has 0 radical (unpaired) electrons. The van der Waals surface area contributed by atoms with E-state index in [1.54, 1.807) is 29.1 Å². The van der Waals surface area contributed by atoms with Crippen LogP contribution >= 0.6 is 55.1 Å². The molecule has 3 rings (SSSR count). The van der Waals surface area contributed by atoms with E-state index in [-0.39, 0.29) is 5.69 Å². The average molecular weight is 531 g/mol. The average Bonchev–Trinajstić information content (AvgIpc) is 3.00. The van der Waals surface area contributed by atoms with Gasteiger partial charge in [-0.05, 0) is 51.3 Å². The van der Waals surface area contributed by atoms with Gasteiger partial charge >= 0.3 is 0 Å². The van der Waals surface area contributed by atoms with Crippen molar-refractivity contribution in [3.05, 3.63) is 84.5 Å². The minimum atomic E-state index is -0.423. The molecule has 0 bridgehead atoms. The van der Waals surface area contributed by atoms with Gasteiger partial charge in [-0.3, -0.25) is 9.48 Å². The van der Waals surface area contributed by atoms with E-state index in [1.807, 2.05) is 24.3 Å². The zero-order valence-electron chi connectivity index (χ0n) is 13.7. The number of carbonyl (C=O) groups is 1. The molecule has 0 saturated heterocycles. The second-order valence-corrected chi connectivity index (χ2v) is 8.11. The molecule has 0 saturated carbocycles. The van der Waals surface area contributed by atoms with Gasteiger partial charge < -0.3 is 0 Å². The van der Waals surface area contributed by atoms with Crippen LogP contribution < -0.4 is 5.43 Å². The van der Waals surface area contributed by atoms with Crippen LogP contribution in [0.25, 0.3) is 0 Å². The van der Waals surface area contributed by atoms with Crippen LogP contribution in [0, 0.1) is 0 Å². The fraction of sp³-hybridized carbons (Fsp3) is 0.0556. The quantitative estimate of drug-likeness (QED) is 0.348. The van der Waals surface area contributed by atoms with Gasteiger partial charge in [-0.15, -0.1) is 0 Å². The number of aromatic nitrogens is 2. The number of hydrazone groups is 1. The fourth-order valence-corrected chi connectivity index (χ4v) is 3.29. The van der Waals surface area contributed by atoms with E-state index in [2.05, 4.69) is 47.5 Å². The number of rotatable bonds is 5. The Kier molecular flexibility index (Phi) is 6.70. The molecule has 0 spiro atoms. The highest BCUT2D eigenvalue weighted by molar-refractivity contribution is 9.10. The first-order valence-corrected chi connectivity index (χ1v) is 10.0. The van der Waals surface area contributed by atoms with Crippen molar-refractivity contribution in [1.29, 1.82) is 0 Å². The Morgan fingerprint density at radius 2 is 1.89 bits per heavy atom. The summed E-state index contributed by atoms with van der Waals surface area (Å²) in [6.45, 7) is 0.547. The van der Waals surface area contributed by atoms with Gasteiger partial charge in [-0.2, -0.15) is 10.2 Å². The van der Waals surface area contributed by atoms with E-state index >= 15 is 0 Å². The lowest BCUT2D eigenvalue weighted by molar-refractivity contribution is 0.0948. The predicted octanol–water partition coefficient (Wildman–Crippen LogP) is 5.53. The van der Waals surface area contributed by atoms with Crippen LogP contribution in [0.15, 0.2) is 62.7 Å². The molecular formula is C18H12Br2Cl2N4O. The maximum atomic E-state index is 12.3. The second kappa shape index (κ2) is 9.01. The predicted molar refractivity (Wildman–Crippen MR) is 115 cm³/mol. The Morgan fingerprint density at radius 3 is 2.59 bits per heavy atom. The summed E-state index contributed by atoms with van der Waals surface area (Å²) in [7, 11) is 0. The zero-order valence-corrected chi connectivity index (χ0v) is 18.3. The summed E-state index contributed by atoms with van der Waals surface area (Å²) in [6, 6.07) is 12.9. The number of nitrogens with one attached hydrogen (secondary N) is 1. The molecule has 1 N–H and O–H groups in total. The van der Waals surface area contributed by atoms with Crippen LogP contribution in [0.4, 0.5) is 0 Å². The Morgan fingerprint density at radius 1 is 1.15 bits per heavy atom. The number of nitrogens with zero attached hydrogens (tertiary/aromatic N) is 3. The number of amides is 1. The summed E-state index contributed by atoms with van der Waals surface area (Å²) in [5.41, 5.74) is 4.48. The summed E-state index contributed by atoms with van der Waals surface area (Å²) in [5, 5.41) is 9.12. The van der Waals surface area contributed by atoms with Crippen molar-refractivity contribution < 1.29 is 4.79 Å². The lowest BCUT2D eigenvalue weighted by atomic mass is 10.2. The van der Waals surface area contributed by atoms with Crippen LogP contribution in [0.5, 0.6) is 0 Å². The first kappa shape index (κ1) is 20.1. The van der Waals surface area contributed by atoms with Crippen molar-refractivity contribution in [1.82, 2.24) is 15.2 Å². The maximum absolute atomic E-state index is 12.3. The number of benzene rings is 2. The first-order valence-electron chi connectivity index (χ1n) is 7.68. The molecule has 27 heavy (non-hydrogen) atoms. The van der Waals surface area contributed by atoms with Crippen molar-refractivity contribution in [3.63, 3.8) is 0 Å². The normalized spacial score (nSPS) is 11.1. The third kappa shape index (κ3) is 5.42. The zero-order chi connectivity index (χ0) is 19.4. The van der Waals surface area contributed by atoms with Crippen LogP contribution in [-0.4, -0.2) is 21.9 Å². The molecule has 138 valence electrons. The largest absolute Gasteiger partial charge is 0.293 e. The molecule has 3 aromatic rings. The fourth-order valence-electron chi connectivity index (χ4n) is 2.22. The SMILES string of the molecule is O=C(NN=Cc1ccc(Cl)c(Cl)c1)c1nn(Cc2ccc(Br)cc2)cc1Br. The van der Waals surface area contributed by atoms with Crippen LogP contribution in [-0.2, 0) is 6.54 Å². The third-order valence-electron chi connectivity index (χ3n) is 3.51. The van der Waals surface area contributed by atoms with Crippen molar-refractivity contribution in [3.8, 4) is 0 Å². The van der Waals surface area contributed by atoms with Gasteiger partial charge in [-0.25, -0.2) is 5.43 Å². The van der Waals surface area contributed by atoms with E-state index in [1.165, 1.54) is 6.21 Å². The number of carbonyl (C=O) groups excluding carboxylic acids is 1. The first-order chi connectivity index (χ1) is 12.9. The minimum absolute atomic E-state index is 0.249. The molecule has 0 atom stereocenters. The van der Waals surface area contributed by atoms with E-state index < -0.39 is 5.91 Å². The standard InChI is InChI=1S/C18H12Br2Cl2N4O/c19-13-4-1-11(2-5-13)9-26-10-14(20)17(25-26)18(27)24-23-8-12-3-6-15(21)16(22)7-12/h1-8,10H,9H2,(H,24,27). The van der Waals surface area contributed by atoms with E-state index in [4.69, 9.17) is 23.2 Å². The molecule has 0 aliphatic carbocycles. The third-order valence-corrected chi connectivity index (χ3v) is 5.36. The smallest absolute Gasteiger partial charge is 0.266 e. The topological polar surface area (TPSA) is 59.3 Å².